The number of ether oxygens (including phenoxy) is 2. The van der Waals surface area contributed by atoms with Crippen molar-refractivity contribution >= 4 is 40.3 Å². The van der Waals surface area contributed by atoms with Gasteiger partial charge in [0.1, 0.15) is 0 Å². The SMILES string of the molecule is CCc1ccccc1NC(=S)NNC(=S)NCCc1ccc(OC)c(OC)c1. The molecule has 0 bridgehead atoms. The van der Waals surface area contributed by atoms with Crippen LogP contribution >= 0.6 is 24.4 Å². The van der Waals surface area contributed by atoms with Crippen LogP contribution in [0.1, 0.15) is 18.1 Å². The Morgan fingerprint density at radius 1 is 0.929 bits per heavy atom. The molecule has 0 heterocycles. The van der Waals surface area contributed by atoms with Gasteiger partial charge in [0, 0.05) is 12.2 Å². The predicted octanol–water partition coefficient (Wildman–Crippen LogP) is 3.17. The summed E-state index contributed by atoms with van der Waals surface area (Å²) in [5, 5.41) is 7.22. The zero-order valence-electron chi connectivity index (χ0n) is 16.3. The van der Waals surface area contributed by atoms with Gasteiger partial charge in [-0.2, -0.15) is 0 Å². The van der Waals surface area contributed by atoms with Crippen LogP contribution < -0.4 is 31.0 Å². The molecule has 0 aliphatic heterocycles. The van der Waals surface area contributed by atoms with Crippen molar-refractivity contribution in [3.8, 4) is 11.5 Å². The second-order valence-corrected chi connectivity index (χ2v) is 6.73. The Morgan fingerprint density at radius 3 is 2.36 bits per heavy atom. The molecule has 8 heteroatoms. The average molecular weight is 419 g/mol. The van der Waals surface area contributed by atoms with Crippen molar-refractivity contribution in [1.82, 2.24) is 16.2 Å². The van der Waals surface area contributed by atoms with Gasteiger partial charge in [-0.1, -0.05) is 31.2 Å². The summed E-state index contributed by atoms with van der Waals surface area (Å²) in [6.07, 6.45) is 1.71. The zero-order chi connectivity index (χ0) is 20.4. The number of nitrogens with one attached hydrogen (secondary N) is 4. The van der Waals surface area contributed by atoms with E-state index < -0.39 is 0 Å². The number of anilines is 1. The van der Waals surface area contributed by atoms with Crippen molar-refractivity contribution in [3.05, 3.63) is 53.6 Å². The highest BCUT2D eigenvalue weighted by Crippen LogP contribution is 2.27. The van der Waals surface area contributed by atoms with E-state index in [1.165, 1.54) is 5.56 Å². The lowest BCUT2D eigenvalue weighted by atomic mass is 10.1. The van der Waals surface area contributed by atoms with E-state index in [1.807, 2.05) is 36.4 Å². The summed E-state index contributed by atoms with van der Waals surface area (Å²) in [5.41, 5.74) is 9.08. The Hall–Kier alpha value is -2.58. The van der Waals surface area contributed by atoms with E-state index in [9.17, 15) is 0 Å². The summed E-state index contributed by atoms with van der Waals surface area (Å²) in [7, 11) is 3.25. The van der Waals surface area contributed by atoms with Crippen molar-refractivity contribution in [2.75, 3.05) is 26.1 Å². The molecule has 0 saturated carbocycles. The number of methoxy groups -OCH3 is 2. The number of hydrogen-bond acceptors (Lipinski definition) is 4. The maximum atomic E-state index is 5.32. The minimum absolute atomic E-state index is 0.449. The topological polar surface area (TPSA) is 66.6 Å². The first-order valence-corrected chi connectivity index (χ1v) is 9.78. The molecule has 6 nitrogen and oxygen atoms in total. The normalized spacial score (nSPS) is 9.96. The molecule has 2 rings (SSSR count). The minimum Gasteiger partial charge on any atom is -0.493 e. The zero-order valence-corrected chi connectivity index (χ0v) is 17.9. The number of rotatable bonds is 7. The first-order valence-electron chi connectivity index (χ1n) is 8.97. The van der Waals surface area contributed by atoms with Gasteiger partial charge in [0.15, 0.2) is 21.7 Å². The summed E-state index contributed by atoms with van der Waals surface area (Å²) in [4.78, 5) is 0. The summed E-state index contributed by atoms with van der Waals surface area (Å²) >= 11 is 10.6. The molecule has 4 N–H and O–H groups in total. The Kier molecular flexibility index (Phi) is 8.77. The minimum atomic E-state index is 0.449. The molecule has 0 aliphatic rings. The molecule has 0 amide bonds. The number of hydrazine groups is 1. The molecule has 0 fully saturated rings. The van der Waals surface area contributed by atoms with E-state index in [2.05, 4.69) is 34.5 Å². The van der Waals surface area contributed by atoms with Gasteiger partial charge >= 0.3 is 0 Å². The predicted molar refractivity (Wildman–Crippen MR) is 122 cm³/mol. The maximum Gasteiger partial charge on any atom is 0.189 e. The lowest BCUT2D eigenvalue weighted by molar-refractivity contribution is 0.354. The summed E-state index contributed by atoms with van der Waals surface area (Å²) in [5.74, 6) is 1.43. The van der Waals surface area contributed by atoms with Crippen LogP contribution in [0, 0.1) is 0 Å². The quantitative estimate of drug-likeness (QED) is 0.404. The van der Waals surface area contributed by atoms with Crippen LogP contribution in [0.3, 0.4) is 0 Å². The van der Waals surface area contributed by atoms with E-state index in [1.54, 1.807) is 14.2 Å². The highest BCUT2D eigenvalue weighted by atomic mass is 32.1. The van der Waals surface area contributed by atoms with Crippen LogP contribution in [0.15, 0.2) is 42.5 Å². The first-order chi connectivity index (χ1) is 13.6. The third-order valence-corrected chi connectivity index (χ3v) is 4.53. The monoisotopic (exact) mass is 418 g/mol. The van der Waals surface area contributed by atoms with Crippen LogP contribution in [0.25, 0.3) is 0 Å². The van der Waals surface area contributed by atoms with Gasteiger partial charge in [0.25, 0.3) is 0 Å². The Balaban J connectivity index is 1.73. The third-order valence-electron chi connectivity index (χ3n) is 4.08. The second-order valence-electron chi connectivity index (χ2n) is 5.91. The van der Waals surface area contributed by atoms with Crippen molar-refractivity contribution in [2.24, 2.45) is 0 Å². The van der Waals surface area contributed by atoms with E-state index in [4.69, 9.17) is 33.9 Å². The molecule has 2 aromatic rings. The van der Waals surface area contributed by atoms with E-state index in [-0.39, 0.29) is 0 Å². The number of thiocarbonyl (C=S) groups is 2. The van der Waals surface area contributed by atoms with Crippen LogP contribution in [0.4, 0.5) is 5.69 Å². The fourth-order valence-corrected chi connectivity index (χ4v) is 2.93. The van der Waals surface area contributed by atoms with E-state index in [0.717, 1.165) is 24.1 Å². The molecule has 0 atom stereocenters. The van der Waals surface area contributed by atoms with Crippen molar-refractivity contribution < 1.29 is 9.47 Å². The highest BCUT2D eigenvalue weighted by Gasteiger charge is 2.05. The van der Waals surface area contributed by atoms with Crippen LogP contribution in [0.5, 0.6) is 11.5 Å². The molecular formula is C20H26N4O2S2. The standard InChI is InChI=1S/C20H26N4O2S2/c1-4-15-7-5-6-8-16(15)22-20(28)24-23-19(27)21-12-11-14-9-10-17(25-2)18(13-14)26-3/h5-10,13H,4,11-12H2,1-3H3,(H2,21,23,27)(H2,22,24,28). The molecule has 0 saturated heterocycles. The van der Waals surface area contributed by atoms with E-state index in [0.29, 0.717) is 28.3 Å². The molecule has 0 spiro atoms. The summed E-state index contributed by atoms with van der Waals surface area (Å²) in [6.45, 7) is 2.77. The number of hydrogen-bond donors (Lipinski definition) is 4. The van der Waals surface area contributed by atoms with Crippen LogP contribution in [0.2, 0.25) is 0 Å². The Labute approximate surface area is 177 Å². The van der Waals surface area contributed by atoms with Crippen molar-refractivity contribution in [1.29, 1.82) is 0 Å². The number of para-hydroxylation sites is 1. The van der Waals surface area contributed by atoms with Gasteiger partial charge in [0.2, 0.25) is 0 Å². The maximum absolute atomic E-state index is 5.32. The van der Waals surface area contributed by atoms with Crippen molar-refractivity contribution in [3.63, 3.8) is 0 Å². The number of aryl methyl sites for hydroxylation is 1. The van der Waals surface area contributed by atoms with Gasteiger partial charge in [-0.25, -0.2) is 0 Å². The molecule has 28 heavy (non-hydrogen) atoms. The van der Waals surface area contributed by atoms with Gasteiger partial charge in [-0.3, -0.25) is 10.9 Å². The lowest BCUT2D eigenvalue weighted by Gasteiger charge is -2.16. The fraction of sp³-hybridized carbons (Fsp3) is 0.300. The van der Waals surface area contributed by atoms with E-state index >= 15 is 0 Å². The largest absolute Gasteiger partial charge is 0.493 e. The second kappa shape index (κ2) is 11.3. The van der Waals surface area contributed by atoms with Crippen LogP contribution in [-0.2, 0) is 12.8 Å². The van der Waals surface area contributed by atoms with Gasteiger partial charge in [0.05, 0.1) is 14.2 Å². The van der Waals surface area contributed by atoms with Gasteiger partial charge in [-0.05, 0) is 66.6 Å². The average Bonchev–Trinajstić information content (AvgIpc) is 2.72. The molecule has 0 aliphatic carbocycles. The first kappa shape index (κ1) is 21.7. The van der Waals surface area contributed by atoms with Crippen molar-refractivity contribution in [2.45, 2.75) is 19.8 Å². The molecule has 0 unspecified atom stereocenters. The fourth-order valence-electron chi connectivity index (χ4n) is 2.62. The highest BCUT2D eigenvalue weighted by molar-refractivity contribution is 7.80. The summed E-state index contributed by atoms with van der Waals surface area (Å²) < 4.78 is 10.6. The third kappa shape index (κ3) is 6.54. The molecule has 0 radical (unpaired) electrons. The molecule has 0 aromatic heterocycles. The van der Waals surface area contributed by atoms with Crippen LogP contribution in [-0.4, -0.2) is 31.0 Å². The van der Waals surface area contributed by atoms with Gasteiger partial charge < -0.3 is 20.1 Å². The smallest absolute Gasteiger partial charge is 0.189 e. The van der Waals surface area contributed by atoms with Gasteiger partial charge in [-0.15, -0.1) is 0 Å². The lowest BCUT2D eigenvalue weighted by Crippen LogP contribution is -2.48. The number of benzene rings is 2. The Morgan fingerprint density at radius 2 is 1.64 bits per heavy atom. The molecule has 2 aromatic carbocycles. The summed E-state index contributed by atoms with van der Waals surface area (Å²) in [6, 6.07) is 13.9. The molecular weight excluding hydrogens is 392 g/mol. The Bertz CT molecular complexity index is 815. The molecule has 150 valence electrons.